The van der Waals surface area contributed by atoms with Crippen molar-refractivity contribution in [2.45, 2.75) is 13.0 Å². The second-order valence-electron chi connectivity index (χ2n) is 6.02. The SMILES string of the molecule is O=C(CCn1c(=O)c2cccn2c2ccccc21)Nc1cccc(Cl)c1. The molecule has 6 heteroatoms. The highest BCUT2D eigenvalue weighted by molar-refractivity contribution is 6.30. The number of nitrogens with one attached hydrogen (secondary N) is 1. The van der Waals surface area contributed by atoms with E-state index in [9.17, 15) is 9.59 Å². The number of aryl methyl sites for hydroxylation is 1. The van der Waals surface area contributed by atoms with Crippen LogP contribution in [0.3, 0.4) is 0 Å². The van der Waals surface area contributed by atoms with Crippen molar-refractivity contribution in [3.63, 3.8) is 0 Å². The van der Waals surface area contributed by atoms with Crippen molar-refractivity contribution >= 4 is 39.7 Å². The number of anilines is 1. The lowest BCUT2D eigenvalue weighted by Crippen LogP contribution is -2.25. The van der Waals surface area contributed by atoms with Gasteiger partial charge in [-0.3, -0.25) is 9.59 Å². The molecule has 130 valence electrons. The van der Waals surface area contributed by atoms with Gasteiger partial charge in [0.1, 0.15) is 5.52 Å². The molecule has 0 fully saturated rings. The van der Waals surface area contributed by atoms with Gasteiger partial charge in [-0.1, -0.05) is 29.8 Å². The van der Waals surface area contributed by atoms with Crippen LogP contribution >= 0.6 is 11.6 Å². The van der Waals surface area contributed by atoms with E-state index >= 15 is 0 Å². The molecule has 0 atom stereocenters. The standard InChI is InChI=1S/C20H16ClN3O2/c21-14-5-3-6-15(13-14)22-19(25)10-12-24-17-8-2-1-7-16(17)23-11-4-9-18(23)20(24)26/h1-9,11,13H,10,12H2,(H,22,25). The Morgan fingerprint density at radius 3 is 2.54 bits per heavy atom. The Bertz CT molecular complexity index is 1180. The summed E-state index contributed by atoms with van der Waals surface area (Å²) in [7, 11) is 0. The van der Waals surface area contributed by atoms with Gasteiger partial charge in [-0.2, -0.15) is 0 Å². The lowest BCUT2D eigenvalue weighted by molar-refractivity contribution is -0.116. The average Bonchev–Trinajstić information content (AvgIpc) is 3.12. The maximum absolute atomic E-state index is 12.8. The van der Waals surface area contributed by atoms with Crippen LogP contribution in [0.5, 0.6) is 0 Å². The first-order valence-corrected chi connectivity index (χ1v) is 8.65. The number of carbonyl (C=O) groups excluding carboxylic acids is 1. The summed E-state index contributed by atoms with van der Waals surface area (Å²) < 4.78 is 3.53. The Hall–Kier alpha value is -3.05. The van der Waals surface area contributed by atoms with E-state index < -0.39 is 0 Å². The number of nitrogens with zero attached hydrogens (tertiary/aromatic N) is 2. The van der Waals surface area contributed by atoms with E-state index in [1.807, 2.05) is 40.9 Å². The van der Waals surface area contributed by atoms with Crippen LogP contribution in [0.15, 0.2) is 71.7 Å². The average molecular weight is 366 g/mol. The highest BCUT2D eigenvalue weighted by atomic mass is 35.5. The maximum atomic E-state index is 12.8. The van der Waals surface area contributed by atoms with Crippen molar-refractivity contribution in [3.05, 3.63) is 82.2 Å². The molecule has 1 N–H and O–H groups in total. The zero-order valence-electron chi connectivity index (χ0n) is 13.9. The Kier molecular flexibility index (Phi) is 4.22. The summed E-state index contributed by atoms with van der Waals surface area (Å²) >= 11 is 5.93. The third-order valence-corrected chi connectivity index (χ3v) is 4.55. The fraction of sp³-hybridized carbons (Fsp3) is 0.100. The van der Waals surface area contributed by atoms with Gasteiger partial charge < -0.3 is 14.3 Å². The fourth-order valence-electron chi connectivity index (χ4n) is 3.13. The third-order valence-electron chi connectivity index (χ3n) is 4.32. The summed E-state index contributed by atoms with van der Waals surface area (Å²) in [5.41, 5.74) is 2.86. The van der Waals surface area contributed by atoms with Crippen molar-refractivity contribution < 1.29 is 4.79 Å². The number of carbonyl (C=O) groups is 1. The minimum absolute atomic E-state index is 0.107. The minimum Gasteiger partial charge on any atom is -0.326 e. The molecule has 0 aliphatic heterocycles. The molecule has 2 heterocycles. The summed E-state index contributed by atoms with van der Waals surface area (Å²) in [5, 5.41) is 3.37. The van der Waals surface area contributed by atoms with Gasteiger partial charge in [0.15, 0.2) is 0 Å². The van der Waals surface area contributed by atoms with Crippen LogP contribution < -0.4 is 10.9 Å². The van der Waals surface area contributed by atoms with Crippen molar-refractivity contribution in [1.82, 2.24) is 8.97 Å². The summed E-state index contributed by atoms with van der Waals surface area (Å²) in [6.45, 7) is 0.299. The van der Waals surface area contributed by atoms with Crippen LogP contribution in [0.1, 0.15) is 6.42 Å². The van der Waals surface area contributed by atoms with Gasteiger partial charge in [0.05, 0.1) is 11.0 Å². The molecule has 0 saturated carbocycles. The summed E-state index contributed by atoms with van der Waals surface area (Å²) in [4.78, 5) is 25.1. The molecule has 4 rings (SSSR count). The molecule has 2 aromatic heterocycles. The largest absolute Gasteiger partial charge is 0.326 e. The van der Waals surface area contributed by atoms with E-state index in [1.165, 1.54) is 0 Å². The fourth-order valence-corrected chi connectivity index (χ4v) is 3.32. The number of fused-ring (bicyclic) bond motifs is 3. The molecule has 0 spiro atoms. The molecule has 0 aliphatic rings. The first-order valence-electron chi connectivity index (χ1n) is 8.27. The monoisotopic (exact) mass is 365 g/mol. The van der Waals surface area contributed by atoms with Crippen molar-refractivity contribution in [3.8, 4) is 0 Å². The van der Waals surface area contributed by atoms with Crippen LogP contribution in [0.2, 0.25) is 5.02 Å². The molecule has 0 radical (unpaired) electrons. The van der Waals surface area contributed by atoms with Gasteiger partial charge >= 0.3 is 0 Å². The van der Waals surface area contributed by atoms with Gasteiger partial charge in [0, 0.05) is 29.9 Å². The number of aromatic nitrogens is 2. The van der Waals surface area contributed by atoms with E-state index in [0.717, 1.165) is 11.0 Å². The van der Waals surface area contributed by atoms with Gasteiger partial charge in [-0.25, -0.2) is 0 Å². The Balaban J connectivity index is 1.63. The normalized spacial score (nSPS) is 11.1. The predicted molar refractivity (Wildman–Crippen MR) is 104 cm³/mol. The molecule has 0 unspecified atom stereocenters. The second-order valence-corrected chi connectivity index (χ2v) is 6.45. The molecule has 1 amide bonds. The number of hydrogen-bond donors (Lipinski definition) is 1. The van der Waals surface area contributed by atoms with Crippen molar-refractivity contribution in [1.29, 1.82) is 0 Å². The van der Waals surface area contributed by atoms with Crippen molar-refractivity contribution in [2.24, 2.45) is 0 Å². The zero-order chi connectivity index (χ0) is 18.1. The van der Waals surface area contributed by atoms with E-state index in [-0.39, 0.29) is 17.9 Å². The van der Waals surface area contributed by atoms with E-state index in [1.54, 1.807) is 34.9 Å². The number of para-hydroxylation sites is 2. The number of rotatable bonds is 4. The zero-order valence-corrected chi connectivity index (χ0v) is 14.6. The molecular weight excluding hydrogens is 350 g/mol. The highest BCUT2D eigenvalue weighted by Crippen LogP contribution is 2.17. The molecule has 5 nitrogen and oxygen atoms in total. The summed E-state index contributed by atoms with van der Waals surface area (Å²) in [6, 6.07) is 18.3. The molecule has 0 aliphatic carbocycles. The van der Waals surface area contributed by atoms with Gasteiger partial charge in [-0.05, 0) is 42.5 Å². The summed E-state index contributed by atoms with van der Waals surface area (Å²) in [5.74, 6) is -0.168. The molecular formula is C20H16ClN3O2. The maximum Gasteiger partial charge on any atom is 0.275 e. The summed E-state index contributed by atoms with van der Waals surface area (Å²) in [6.07, 6.45) is 2.06. The molecule has 2 aromatic carbocycles. The highest BCUT2D eigenvalue weighted by Gasteiger charge is 2.11. The second kappa shape index (κ2) is 6.69. The Morgan fingerprint density at radius 2 is 1.73 bits per heavy atom. The predicted octanol–water partition coefficient (Wildman–Crippen LogP) is 3.94. The minimum atomic E-state index is -0.168. The molecule has 26 heavy (non-hydrogen) atoms. The molecule has 4 aromatic rings. The lowest BCUT2D eigenvalue weighted by atomic mass is 10.2. The van der Waals surface area contributed by atoms with Gasteiger partial charge in [-0.15, -0.1) is 0 Å². The molecule has 0 saturated heterocycles. The Labute approximate surface area is 154 Å². The van der Waals surface area contributed by atoms with Crippen LogP contribution in [0.4, 0.5) is 5.69 Å². The first-order chi connectivity index (χ1) is 12.6. The van der Waals surface area contributed by atoms with Crippen LogP contribution in [0.25, 0.3) is 16.6 Å². The Morgan fingerprint density at radius 1 is 0.962 bits per heavy atom. The van der Waals surface area contributed by atoms with Gasteiger partial charge in [0.2, 0.25) is 5.91 Å². The van der Waals surface area contributed by atoms with E-state index in [0.29, 0.717) is 22.8 Å². The third kappa shape index (κ3) is 2.97. The van der Waals surface area contributed by atoms with E-state index in [4.69, 9.17) is 11.6 Å². The number of benzene rings is 2. The number of halogens is 1. The molecule has 0 bridgehead atoms. The topological polar surface area (TPSA) is 55.5 Å². The van der Waals surface area contributed by atoms with Crippen LogP contribution in [-0.2, 0) is 11.3 Å². The quantitative estimate of drug-likeness (QED) is 0.595. The number of hydrogen-bond acceptors (Lipinski definition) is 2. The smallest absolute Gasteiger partial charge is 0.275 e. The number of amides is 1. The van der Waals surface area contributed by atoms with Gasteiger partial charge in [0.25, 0.3) is 5.56 Å². The van der Waals surface area contributed by atoms with Crippen LogP contribution in [-0.4, -0.2) is 14.9 Å². The first kappa shape index (κ1) is 16.4. The lowest BCUT2D eigenvalue weighted by Gasteiger charge is -2.12. The van der Waals surface area contributed by atoms with Crippen LogP contribution in [0, 0.1) is 0 Å². The van der Waals surface area contributed by atoms with E-state index in [2.05, 4.69) is 5.32 Å². The van der Waals surface area contributed by atoms with Crippen molar-refractivity contribution in [2.75, 3.05) is 5.32 Å².